The van der Waals surface area contributed by atoms with Gasteiger partial charge in [-0.2, -0.15) is 0 Å². The second kappa shape index (κ2) is 11.0. The minimum atomic E-state index is -0.102. The van der Waals surface area contributed by atoms with Crippen molar-refractivity contribution in [2.45, 2.75) is 6.54 Å². The zero-order valence-electron chi connectivity index (χ0n) is 16.8. The molecule has 0 saturated heterocycles. The van der Waals surface area contributed by atoms with Crippen LogP contribution in [-0.4, -0.2) is 52.4 Å². The van der Waals surface area contributed by atoms with Crippen LogP contribution in [0.1, 0.15) is 11.1 Å². The van der Waals surface area contributed by atoms with Crippen LogP contribution >= 0.6 is 0 Å². The van der Waals surface area contributed by atoms with Gasteiger partial charge in [0.2, 0.25) is 11.7 Å². The van der Waals surface area contributed by atoms with Gasteiger partial charge in [0.1, 0.15) is 0 Å². The number of hydrogen-bond acceptors (Lipinski definition) is 5. The molecule has 2 aromatic rings. The van der Waals surface area contributed by atoms with E-state index in [1.807, 2.05) is 30.3 Å². The van der Waals surface area contributed by atoms with E-state index in [2.05, 4.69) is 0 Å². The van der Waals surface area contributed by atoms with E-state index in [9.17, 15) is 4.79 Å². The van der Waals surface area contributed by atoms with Crippen LogP contribution in [0.3, 0.4) is 0 Å². The highest BCUT2D eigenvalue weighted by Gasteiger charge is 2.14. The number of rotatable bonds is 10. The molecular formula is C22H27NO5. The normalized spacial score (nSPS) is 10.7. The summed E-state index contributed by atoms with van der Waals surface area (Å²) in [6, 6.07) is 13.4. The van der Waals surface area contributed by atoms with E-state index in [1.165, 1.54) is 0 Å². The third-order valence-corrected chi connectivity index (χ3v) is 4.20. The largest absolute Gasteiger partial charge is 0.493 e. The van der Waals surface area contributed by atoms with Crippen LogP contribution in [0, 0.1) is 0 Å². The highest BCUT2D eigenvalue weighted by atomic mass is 16.5. The Morgan fingerprint density at radius 2 is 1.61 bits per heavy atom. The highest BCUT2D eigenvalue weighted by molar-refractivity contribution is 5.92. The standard InChI is InChI=1S/C22H27NO5/c1-25-13-12-23(16-17-8-6-5-7-9-17)21(24)11-10-18-14-19(26-2)22(28-4)20(15-18)27-3/h5-11,14-15H,12-13,16H2,1-4H3/b11-10+. The Kier molecular flexibility index (Phi) is 8.37. The van der Waals surface area contributed by atoms with E-state index in [0.29, 0.717) is 36.9 Å². The molecule has 150 valence electrons. The fourth-order valence-electron chi connectivity index (χ4n) is 2.74. The first kappa shape index (κ1) is 21.3. The Morgan fingerprint density at radius 3 is 2.14 bits per heavy atom. The smallest absolute Gasteiger partial charge is 0.246 e. The molecule has 0 aromatic heterocycles. The Bertz CT molecular complexity index is 764. The molecule has 0 fully saturated rings. The van der Waals surface area contributed by atoms with Crippen molar-refractivity contribution in [3.8, 4) is 17.2 Å². The van der Waals surface area contributed by atoms with Gasteiger partial charge in [-0.3, -0.25) is 4.79 Å². The molecule has 0 aliphatic rings. The lowest BCUT2D eigenvalue weighted by molar-refractivity contribution is -0.127. The Hall–Kier alpha value is -2.99. The molecule has 0 radical (unpaired) electrons. The van der Waals surface area contributed by atoms with Crippen LogP contribution in [0.4, 0.5) is 0 Å². The monoisotopic (exact) mass is 385 g/mol. The summed E-state index contributed by atoms with van der Waals surface area (Å²) in [7, 11) is 6.29. The first-order chi connectivity index (χ1) is 13.6. The average Bonchev–Trinajstić information content (AvgIpc) is 2.74. The number of amides is 1. The molecular weight excluding hydrogens is 358 g/mol. The molecule has 6 nitrogen and oxygen atoms in total. The van der Waals surface area contributed by atoms with E-state index in [4.69, 9.17) is 18.9 Å². The lowest BCUT2D eigenvalue weighted by Crippen LogP contribution is -2.32. The van der Waals surface area contributed by atoms with Crippen LogP contribution in [0.2, 0.25) is 0 Å². The first-order valence-corrected chi connectivity index (χ1v) is 8.92. The number of carbonyl (C=O) groups is 1. The third kappa shape index (κ3) is 5.76. The van der Waals surface area contributed by atoms with Gasteiger partial charge in [0, 0.05) is 26.3 Å². The van der Waals surface area contributed by atoms with Gasteiger partial charge in [0.25, 0.3) is 0 Å². The first-order valence-electron chi connectivity index (χ1n) is 8.92. The van der Waals surface area contributed by atoms with Crippen LogP contribution in [0.15, 0.2) is 48.5 Å². The quantitative estimate of drug-likeness (QED) is 0.587. The van der Waals surface area contributed by atoms with Crippen molar-refractivity contribution < 1.29 is 23.7 Å². The van der Waals surface area contributed by atoms with Crippen molar-refractivity contribution in [2.24, 2.45) is 0 Å². The third-order valence-electron chi connectivity index (χ3n) is 4.20. The molecule has 0 aliphatic carbocycles. The Labute approximate surface area is 166 Å². The molecule has 0 atom stereocenters. The van der Waals surface area contributed by atoms with Gasteiger partial charge in [0.15, 0.2) is 11.5 Å². The van der Waals surface area contributed by atoms with Crippen molar-refractivity contribution >= 4 is 12.0 Å². The summed E-state index contributed by atoms with van der Waals surface area (Å²) in [6.07, 6.45) is 3.27. The fourth-order valence-corrected chi connectivity index (χ4v) is 2.74. The average molecular weight is 385 g/mol. The SMILES string of the molecule is COCCN(Cc1ccccc1)C(=O)/C=C/c1cc(OC)c(OC)c(OC)c1. The molecule has 0 bridgehead atoms. The highest BCUT2D eigenvalue weighted by Crippen LogP contribution is 2.38. The number of hydrogen-bond donors (Lipinski definition) is 0. The summed E-state index contributed by atoms with van der Waals surface area (Å²) in [5, 5.41) is 0. The molecule has 0 spiro atoms. The van der Waals surface area contributed by atoms with E-state index >= 15 is 0 Å². The minimum absolute atomic E-state index is 0.102. The van der Waals surface area contributed by atoms with Crippen LogP contribution in [0.5, 0.6) is 17.2 Å². The predicted molar refractivity (Wildman–Crippen MR) is 109 cm³/mol. The van der Waals surface area contributed by atoms with Crippen molar-refractivity contribution in [1.29, 1.82) is 0 Å². The summed E-state index contributed by atoms with van der Waals surface area (Å²) in [4.78, 5) is 14.5. The number of benzene rings is 2. The van der Waals surface area contributed by atoms with Crippen molar-refractivity contribution in [3.05, 3.63) is 59.7 Å². The Morgan fingerprint density at radius 1 is 0.964 bits per heavy atom. The van der Waals surface area contributed by atoms with Gasteiger partial charge in [-0.05, 0) is 29.3 Å². The maximum Gasteiger partial charge on any atom is 0.246 e. The second-order valence-electron chi connectivity index (χ2n) is 6.03. The fraction of sp³-hybridized carbons (Fsp3) is 0.318. The van der Waals surface area contributed by atoms with Crippen molar-refractivity contribution in [2.75, 3.05) is 41.6 Å². The maximum absolute atomic E-state index is 12.8. The predicted octanol–water partition coefficient (Wildman–Crippen LogP) is 3.40. The van der Waals surface area contributed by atoms with Gasteiger partial charge < -0.3 is 23.8 Å². The topological polar surface area (TPSA) is 57.2 Å². The lowest BCUT2D eigenvalue weighted by Gasteiger charge is -2.21. The zero-order chi connectivity index (χ0) is 20.4. The van der Waals surface area contributed by atoms with Crippen LogP contribution in [0.25, 0.3) is 6.08 Å². The van der Waals surface area contributed by atoms with Crippen molar-refractivity contribution in [1.82, 2.24) is 4.90 Å². The van der Waals surface area contributed by atoms with Gasteiger partial charge in [-0.1, -0.05) is 30.3 Å². The molecule has 6 heteroatoms. The number of ether oxygens (including phenoxy) is 4. The van der Waals surface area contributed by atoms with Gasteiger partial charge in [-0.15, -0.1) is 0 Å². The van der Waals surface area contributed by atoms with E-state index in [0.717, 1.165) is 11.1 Å². The summed E-state index contributed by atoms with van der Waals surface area (Å²) in [6.45, 7) is 1.49. The summed E-state index contributed by atoms with van der Waals surface area (Å²) < 4.78 is 21.2. The Balaban J connectivity index is 2.20. The minimum Gasteiger partial charge on any atom is -0.493 e. The second-order valence-corrected chi connectivity index (χ2v) is 6.03. The molecule has 28 heavy (non-hydrogen) atoms. The molecule has 0 heterocycles. The molecule has 0 N–H and O–H groups in total. The van der Waals surface area contributed by atoms with E-state index in [1.54, 1.807) is 57.6 Å². The summed E-state index contributed by atoms with van der Waals surface area (Å²) in [5.74, 6) is 1.48. The molecule has 0 aliphatic heterocycles. The number of nitrogens with zero attached hydrogens (tertiary/aromatic N) is 1. The lowest BCUT2D eigenvalue weighted by atomic mass is 10.1. The van der Waals surface area contributed by atoms with Crippen LogP contribution < -0.4 is 14.2 Å². The van der Waals surface area contributed by atoms with Crippen molar-refractivity contribution in [3.63, 3.8) is 0 Å². The summed E-state index contributed by atoms with van der Waals surface area (Å²) >= 11 is 0. The van der Waals surface area contributed by atoms with E-state index < -0.39 is 0 Å². The zero-order valence-corrected chi connectivity index (χ0v) is 16.8. The molecule has 1 amide bonds. The van der Waals surface area contributed by atoms with Gasteiger partial charge >= 0.3 is 0 Å². The van der Waals surface area contributed by atoms with Gasteiger partial charge in [0.05, 0.1) is 27.9 Å². The maximum atomic E-state index is 12.8. The summed E-state index contributed by atoms with van der Waals surface area (Å²) in [5.41, 5.74) is 1.84. The number of methoxy groups -OCH3 is 4. The van der Waals surface area contributed by atoms with Crippen LogP contribution in [-0.2, 0) is 16.1 Å². The molecule has 0 saturated carbocycles. The molecule has 0 unspecified atom stereocenters. The number of carbonyl (C=O) groups excluding carboxylic acids is 1. The van der Waals surface area contributed by atoms with Gasteiger partial charge in [-0.25, -0.2) is 0 Å². The molecule has 2 aromatic carbocycles. The molecule has 2 rings (SSSR count). The van der Waals surface area contributed by atoms with E-state index in [-0.39, 0.29) is 5.91 Å².